The summed E-state index contributed by atoms with van der Waals surface area (Å²) in [5.41, 5.74) is 0.617. The molecule has 0 spiro atoms. The first-order chi connectivity index (χ1) is 19.7. The number of aliphatic hydroxyl groups excluding tert-OH is 1. The van der Waals surface area contributed by atoms with Crippen LogP contribution in [0.5, 0.6) is 5.75 Å². The van der Waals surface area contributed by atoms with Crippen LogP contribution in [0.4, 0.5) is 8.78 Å². The molecule has 2 rings (SSSR count). The van der Waals surface area contributed by atoms with Crippen molar-refractivity contribution in [1.82, 2.24) is 10.2 Å². The minimum Gasteiger partial charge on any atom is -0.508 e. The molecular formula is C32H41F2N3O5. The van der Waals surface area contributed by atoms with Crippen molar-refractivity contribution in [3.8, 4) is 5.75 Å². The molecule has 0 aromatic heterocycles. The predicted octanol–water partition coefficient (Wildman–Crippen LogP) is 4.72. The summed E-state index contributed by atoms with van der Waals surface area (Å²) in [6.45, 7) is 9.79. The number of nitrogens with zero attached hydrogens (tertiary/aromatic N) is 2. The van der Waals surface area contributed by atoms with E-state index in [1.165, 1.54) is 45.2 Å². The maximum Gasteiger partial charge on any atom is 0.286 e. The van der Waals surface area contributed by atoms with Crippen molar-refractivity contribution >= 4 is 23.9 Å². The van der Waals surface area contributed by atoms with E-state index in [1.807, 2.05) is 13.8 Å². The third kappa shape index (κ3) is 9.58. The summed E-state index contributed by atoms with van der Waals surface area (Å²) in [7, 11) is 0. The number of alkyl halides is 2. The van der Waals surface area contributed by atoms with Gasteiger partial charge < -0.3 is 20.4 Å². The molecule has 0 radical (unpaired) electrons. The van der Waals surface area contributed by atoms with Gasteiger partial charge in [-0.15, -0.1) is 0 Å². The van der Waals surface area contributed by atoms with Crippen molar-refractivity contribution in [1.29, 1.82) is 0 Å². The lowest BCUT2D eigenvalue weighted by molar-refractivity contribution is -0.148. The summed E-state index contributed by atoms with van der Waals surface area (Å²) >= 11 is 0. The van der Waals surface area contributed by atoms with E-state index in [4.69, 9.17) is 0 Å². The number of hydrogen-bond donors (Lipinski definition) is 3. The number of rotatable bonds is 14. The maximum atomic E-state index is 15.2. The number of hydrogen-bond acceptors (Lipinski definition) is 5. The van der Waals surface area contributed by atoms with Gasteiger partial charge in [0.1, 0.15) is 12.3 Å². The van der Waals surface area contributed by atoms with Crippen LogP contribution in [0.3, 0.4) is 0 Å². The Morgan fingerprint density at radius 2 is 1.74 bits per heavy atom. The molecule has 8 nitrogen and oxygen atoms in total. The molecule has 228 valence electrons. The van der Waals surface area contributed by atoms with E-state index in [9.17, 15) is 24.6 Å². The third-order valence-corrected chi connectivity index (χ3v) is 7.11. The molecule has 3 amide bonds. The average molecular weight is 586 g/mol. The first-order valence-corrected chi connectivity index (χ1v) is 13.9. The monoisotopic (exact) mass is 585 g/mol. The normalized spacial score (nSPS) is 13.9. The van der Waals surface area contributed by atoms with Gasteiger partial charge in [-0.1, -0.05) is 70.7 Å². The van der Waals surface area contributed by atoms with Crippen LogP contribution < -0.4 is 5.32 Å². The number of carbonyl (C=O) groups excluding carboxylic acids is 3. The minimum absolute atomic E-state index is 0.0274. The smallest absolute Gasteiger partial charge is 0.286 e. The SMILES string of the molecule is C=C(C(C)C)C(F)(F)CN(CC(=O)N=C[C@@H](C)CC)C(=O)[C@@H](O)[C@H](Cc1ccccc1)NC(=O)c1cccc(O)c1C. The van der Waals surface area contributed by atoms with Crippen LogP contribution in [0.1, 0.15) is 55.6 Å². The van der Waals surface area contributed by atoms with Gasteiger partial charge in [0.15, 0.2) is 6.10 Å². The summed E-state index contributed by atoms with van der Waals surface area (Å²) in [6, 6.07) is 11.8. The largest absolute Gasteiger partial charge is 0.508 e. The summed E-state index contributed by atoms with van der Waals surface area (Å²) < 4.78 is 30.4. The standard InChI is InChI=1S/C32H41F2N3O5/c1-7-21(4)17-35-28(39)18-37(19-32(33,34)23(6)20(2)3)31(42)29(40)26(16-24-12-9-8-10-13-24)36-30(41)25-14-11-15-27(38)22(25)5/h8-15,17,20-21,26,29,38,40H,6-7,16,18-19H2,1-5H3,(H,36,41)/t21-,26-,29-/m0/s1. The van der Waals surface area contributed by atoms with E-state index in [1.54, 1.807) is 30.3 Å². The highest BCUT2D eigenvalue weighted by atomic mass is 19.3. The average Bonchev–Trinajstić information content (AvgIpc) is 2.95. The van der Waals surface area contributed by atoms with Crippen LogP contribution in [0.15, 0.2) is 65.7 Å². The van der Waals surface area contributed by atoms with E-state index < -0.39 is 60.4 Å². The molecule has 0 aliphatic carbocycles. The van der Waals surface area contributed by atoms with Crippen LogP contribution >= 0.6 is 0 Å². The van der Waals surface area contributed by atoms with Crippen molar-refractivity contribution < 1.29 is 33.4 Å². The molecule has 2 aromatic rings. The Hall–Kier alpha value is -3.92. The second kappa shape index (κ2) is 15.3. The molecule has 42 heavy (non-hydrogen) atoms. The number of aliphatic hydroxyl groups is 1. The Kier molecular flexibility index (Phi) is 12.5. The zero-order valence-electron chi connectivity index (χ0n) is 24.8. The Labute approximate surface area is 246 Å². The van der Waals surface area contributed by atoms with Gasteiger partial charge in [-0.3, -0.25) is 14.4 Å². The molecule has 2 aromatic carbocycles. The fraction of sp³-hybridized carbons (Fsp3) is 0.438. The molecule has 0 fully saturated rings. The van der Waals surface area contributed by atoms with Crippen molar-refractivity contribution in [2.75, 3.05) is 13.1 Å². The molecule has 0 aliphatic rings. The lowest BCUT2D eigenvalue weighted by atomic mass is 9.97. The highest BCUT2D eigenvalue weighted by Gasteiger charge is 2.41. The highest BCUT2D eigenvalue weighted by molar-refractivity contribution is 5.97. The molecule has 10 heteroatoms. The van der Waals surface area contributed by atoms with Crippen LogP contribution in [0, 0.1) is 18.8 Å². The van der Waals surface area contributed by atoms with Gasteiger partial charge in [0.2, 0.25) is 0 Å². The molecule has 0 heterocycles. The predicted molar refractivity (Wildman–Crippen MR) is 159 cm³/mol. The van der Waals surface area contributed by atoms with Gasteiger partial charge in [-0.05, 0) is 54.9 Å². The fourth-order valence-electron chi connectivity index (χ4n) is 4.08. The molecular weight excluding hydrogens is 544 g/mol. The number of aromatic hydroxyl groups is 1. The van der Waals surface area contributed by atoms with Crippen molar-refractivity contribution in [3.05, 3.63) is 77.4 Å². The zero-order valence-corrected chi connectivity index (χ0v) is 24.8. The lowest BCUT2D eigenvalue weighted by Crippen LogP contribution is -2.55. The molecule has 3 atom stereocenters. The number of aliphatic imine (C=N–C) groups is 1. The summed E-state index contributed by atoms with van der Waals surface area (Å²) in [5, 5.41) is 23.9. The zero-order chi connectivity index (χ0) is 31.6. The number of nitrogens with one attached hydrogen (secondary N) is 1. The molecule has 3 N–H and O–H groups in total. The van der Waals surface area contributed by atoms with Crippen molar-refractivity contribution in [2.45, 2.75) is 65.5 Å². The number of phenolic OH excluding ortho intramolecular Hbond substituents is 1. The van der Waals surface area contributed by atoms with Crippen molar-refractivity contribution in [2.24, 2.45) is 16.8 Å². The van der Waals surface area contributed by atoms with Crippen LogP contribution in [-0.4, -0.2) is 70.2 Å². The van der Waals surface area contributed by atoms with Gasteiger partial charge in [-0.2, -0.15) is 8.78 Å². The van der Waals surface area contributed by atoms with Gasteiger partial charge in [0.25, 0.3) is 23.6 Å². The number of amides is 3. The lowest BCUT2D eigenvalue weighted by Gasteiger charge is -2.32. The first-order valence-electron chi connectivity index (χ1n) is 13.9. The first kappa shape index (κ1) is 34.3. The quantitative estimate of drug-likeness (QED) is 0.219. The van der Waals surface area contributed by atoms with E-state index in [0.29, 0.717) is 16.9 Å². The summed E-state index contributed by atoms with van der Waals surface area (Å²) in [4.78, 5) is 43.9. The van der Waals surface area contributed by atoms with Gasteiger partial charge in [-0.25, -0.2) is 4.99 Å². The van der Waals surface area contributed by atoms with E-state index in [0.717, 1.165) is 0 Å². The summed E-state index contributed by atoms with van der Waals surface area (Å²) in [6.07, 6.45) is 0.0636. The summed E-state index contributed by atoms with van der Waals surface area (Å²) in [5.74, 6) is -7.03. The van der Waals surface area contributed by atoms with Crippen LogP contribution in [-0.2, 0) is 16.0 Å². The Bertz CT molecular complexity index is 1280. The second-order valence-corrected chi connectivity index (χ2v) is 10.8. The minimum atomic E-state index is -3.57. The number of carbonyl (C=O) groups is 3. The van der Waals surface area contributed by atoms with Gasteiger partial charge in [0.05, 0.1) is 12.6 Å². The van der Waals surface area contributed by atoms with Gasteiger partial charge >= 0.3 is 0 Å². The second-order valence-electron chi connectivity index (χ2n) is 10.8. The van der Waals surface area contributed by atoms with E-state index >= 15 is 8.78 Å². The van der Waals surface area contributed by atoms with Crippen molar-refractivity contribution in [3.63, 3.8) is 0 Å². The number of phenols is 1. The molecule has 0 saturated heterocycles. The fourth-order valence-corrected chi connectivity index (χ4v) is 4.08. The van der Waals surface area contributed by atoms with Crippen LogP contribution in [0.25, 0.3) is 0 Å². The Morgan fingerprint density at radius 3 is 2.33 bits per heavy atom. The van der Waals surface area contributed by atoms with E-state index in [2.05, 4.69) is 16.9 Å². The van der Waals surface area contributed by atoms with E-state index in [-0.39, 0.29) is 29.2 Å². The Balaban J connectivity index is 2.45. The molecule has 0 bridgehead atoms. The third-order valence-electron chi connectivity index (χ3n) is 7.11. The van der Waals surface area contributed by atoms with Gasteiger partial charge in [0, 0.05) is 17.3 Å². The number of benzene rings is 2. The maximum absolute atomic E-state index is 15.2. The topological polar surface area (TPSA) is 119 Å². The molecule has 0 aliphatic heterocycles. The molecule has 0 saturated carbocycles. The Morgan fingerprint density at radius 1 is 1.10 bits per heavy atom. The highest BCUT2D eigenvalue weighted by Crippen LogP contribution is 2.30. The van der Waals surface area contributed by atoms with Crippen LogP contribution in [0.2, 0.25) is 0 Å². The molecule has 0 unspecified atom stereocenters. The number of halogens is 2.